The maximum Gasteiger partial charge on any atom is 0.165 e. The Morgan fingerprint density at radius 2 is 2.38 bits per heavy atom. The molecule has 2 nitrogen and oxygen atoms in total. The molecule has 0 amide bonds. The molecule has 0 aliphatic carbocycles. The molecule has 1 aliphatic rings. The molecular formula is C12H12ClFO2. The van der Waals surface area contributed by atoms with Crippen molar-refractivity contribution in [1.82, 2.24) is 0 Å². The number of hydrogen-bond donors (Lipinski definition) is 0. The molecule has 0 aromatic heterocycles. The van der Waals surface area contributed by atoms with Crippen molar-refractivity contribution < 1.29 is 13.9 Å². The molecular weight excluding hydrogens is 231 g/mol. The van der Waals surface area contributed by atoms with Gasteiger partial charge in [-0.3, -0.25) is 4.79 Å². The highest BCUT2D eigenvalue weighted by Gasteiger charge is 2.24. The van der Waals surface area contributed by atoms with Gasteiger partial charge in [-0.2, -0.15) is 0 Å². The highest BCUT2D eigenvalue weighted by atomic mass is 35.5. The van der Waals surface area contributed by atoms with Crippen molar-refractivity contribution in [3.63, 3.8) is 0 Å². The summed E-state index contributed by atoms with van der Waals surface area (Å²) in [5, 5.41) is 0.0360. The van der Waals surface area contributed by atoms with Gasteiger partial charge in [0, 0.05) is 13.0 Å². The number of Topliss-reactive ketones (excluding diaryl/α,β-unsaturated/α-hetero) is 1. The molecule has 4 heteroatoms. The van der Waals surface area contributed by atoms with Crippen LogP contribution in [0.4, 0.5) is 4.39 Å². The maximum absolute atomic E-state index is 13.1. The van der Waals surface area contributed by atoms with Crippen LogP contribution in [-0.2, 0) is 16.0 Å². The topological polar surface area (TPSA) is 26.3 Å². The van der Waals surface area contributed by atoms with Gasteiger partial charge in [-0.05, 0) is 24.5 Å². The summed E-state index contributed by atoms with van der Waals surface area (Å²) in [7, 11) is 0. The molecule has 0 bridgehead atoms. The van der Waals surface area contributed by atoms with Crippen molar-refractivity contribution in [1.29, 1.82) is 0 Å². The third kappa shape index (κ3) is 2.42. The third-order valence-corrected chi connectivity index (χ3v) is 3.11. The number of rotatable bonds is 3. The van der Waals surface area contributed by atoms with Crippen LogP contribution in [0.15, 0.2) is 18.2 Å². The first-order valence-electron chi connectivity index (χ1n) is 5.25. The van der Waals surface area contributed by atoms with E-state index >= 15 is 0 Å². The Bertz CT molecular complexity index is 400. The number of ketones is 1. The molecule has 1 atom stereocenters. The van der Waals surface area contributed by atoms with Gasteiger partial charge in [0.2, 0.25) is 0 Å². The molecule has 2 rings (SSSR count). The smallest absolute Gasteiger partial charge is 0.165 e. The van der Waals surface area contributed by atoms with E-state index in [0.717, 1.165) is 12.8 Å². The summed E-state index contributed by atoms with van der Waals surface area (Å²) >= 11 is 5.78. The molecule has 1 saturated heterocycles. The molecule has 0 N–H and O–H groups in total. The van der Waals surface area contributed by atoms with Gasteiger partial charge in [0.15, 0.2) is 5.78 Å². The summed E-state index contributed by atoms with van der Waals surface area (Å²) < 4.78 is 18.4. The quantitative estimate of drug-likeness (QED) is 0.815. The Kier molecular flexibility index (Phi) is 3.56. The number of benzene rings is 1. The third-order valence-electron chi connectivity index (χ3n) is 2.69. The predicted octanol–water partition coefficient (Wildman–Crippen LogP) is 2.77. The van der Waals surface area contributed by atoms with Crippen LogP contribution in [0, 0.1) is 5.82 Å². The fourth-order valence-corrected chi connectivity index (χ4v) is 2.01. The molecule has 16 heavy (non-hydrogen) atoms. The van der Waals surface area contributed by atoms with Gasteiger partial charge < -0.3 is 4.74 Å². The first-order chi connectivity index (χ1) is 7.68. The van der Waals surface area contributed by atoms with Gasteiger partial charge in [-0.25, -0.2) is 4.39 Å². The largest absolute Gasteiger partial charge is 0.370 e. The zero-order valence-corrected chi connectivity index (χ0v) is 9.47. The highest BCUT2D eigenvalue weighted by molar-refractivity contribution is 6.31. The summed E-state index contributed by atoms with van der Waals surface area (Å²) in [6, 6.07) is 4.50. The Morgan fingerprint density at radius 1 is 1.56 bits per heavy atom. The van der Waals surface area contributed by atoms with Crippen LogP contribution in [0.25, 0.3) is 0 Å². The standard InChI is InChI=1S/C12H12ClFO2/c13-12-8(3-1-4-9(12)14)7-10(15)11-5-2-6-16-11/h1,3-4,11H,2,5-7H2. The SMILES string of the molecule is O=C(Cc1cccc(F)c1Cl)C1CCCO1. The van der Waals surface area contributed by atoms with Crippen LogP contribution in [0.2, 0.25) is 5.02 Å². The molecule has 1 aromatic carbocycles. The van der Waals surface area contributed by atoms with E-state index < -0.39 is 5.82 Å². The number of hydrogen-bond acceptors (Lipinski definition) is 2. The van der Waals surface area contributed by atoms with Crippen LogP contribution >= 0.6 is 11.6 Å². The van der Waals surface area contributed by atoms with E-state index in [2.05, 4.69) is 0 Å². The lowest BCUT2D eigenvalue weighted by Gasteiger charge is -2.09. The summed E-state index contributed by atoms with van der Waals surface area (Å²) in [6.07, 6.45) is 1.47. The summed E-state index contributed by atoms with van der Waals surface area (Å²) in [5.41, 5.74) is 0.530. The minimum Gasteiger partial charge on any atom is -0.370 e. The average Bonchev–Trinajstić information content (AvgIpc) is 2.78. The molecule has 86 valence electrons. The van der Waals surface area contributed by atoms with Gasteiger partial charge >= 0.3 is 0 Å². The molecule has 1 unspecified atom stereocenters. The second-order valence-corrected chi connectivity index (χ2v) is 4.24. The van der Waals surface area contributed by atoms with Crippen molar-refractivity contribution >= 4 is 17.4 Å². The van der Waals surface area contributed by atoms with Gasteiger partial charge in [-0.1, -0.05) is 23.7 Å². The molecule has 0 radical (unpaired) electrons. The summed E-state index contributed by atoms with van der Waals surface area (Å²) in [5.74, 6) is -0.510. The van der Waals surface area contributed by atoms with Crippen molar-refractivity contribution in [2.45, 2.75) is 25.4 Å². The number of halogens is 2. The monoisotopic (exact) mass is 242 g/mol. The summed E-state index contributed by atoms with van der Waals surface area (Å²) in [6.45, 7) is 0.632. The fraction of sp³-hybridized carbons (Fsp3) is 0.417. The summed E-state index contributed by atoms with van der Waals surface area (Å²) in [4.78, 5) is 11.8. The maximum atomic E-state index is 13.1. The molecule has 0 spiro atoms. The minimum absolute atomic E-state index is 0.0231. The van der Waals surface area contributed by atoms with Crippen molar-refractivity contribution in [3.8, 4) is 0 Å². The van der Waals surface area contributed by atoms with Crippen LogP contribution in [0.5, 0.6) is 0 Å². The van der Waals surface area contributed by atoms with Crippen molar-refractivity contribution in [3.05, 3.63) is 34.6 Å². The number of carbonyl (C=O) groups is 1. The van der Waals surface area contributed by atoms with Crippen molar-refractivity contribution in [2.24, 2.45) is 0 Å². The van der Waals surface area contributed by atoms with Crippen LogP contribution < -0.4 is 0 Å². The van der Waals surface area contributed by atoms with Gasteiger partial charge in [0.25, 0.3) is 0 Å². The van der Waals surface area contributed by atoms with Crippen LogP contribution in [-0.4, -0.2) is 18.5 Å². The number of carbonyl (C=O) groups excluding carboxylic acids is 1. The van der Waals surface area contributed by atoms with Crippen LogP contribution in [0.3, 0.4) is 0 Å². The highest BCUT2D eigenvalue weighted by Crippen LogP contribution is 2.22. The molecule has 1 heterocycles. The number of ether oxygens (including phenoxy) is 1. The first-order valence-corrected chi connectivity index (χ1v) is 5.63. The molecule has 0 saturated carbocycles. The molecule has 1 aromatic rings. The second-order valence-electron chi connectivity index (χ2n) is 3.86. The second kappa shape index (κ2) is 4.93. The van der Waals surface area contributed by atoms with E-state index in [1.54, 1.807) is 12.1 Å². The van der Waals surface area contributed by atoms with E-state index in [1.807, 2.05) is 0 Å². The lowest BCUT2D eigenvalue weighted by molar-refractivity contribution is -0.127. The Labute approximate surface area is 98.4 Å². The van der Waals surface area contributed by atoms with E-state index in [9.17, 15) is 9.18 Å². The van der Waals surface area contributed by atoms with E-state index in [4.69, 9.17) is 16.3 Å². The zero-order valence-electron chi connectivity index (χ0n) is 8.71. The predicted molar refractivity (Wildman–Crippen MR) is 59.1 cm³/mol. The Balaban J connectivity index is 2.08. The van der Waals surface area contributed by atoms with Crippen molar-refractivity contribution in [2.75, 3.05) is 6.61 Å². The fourth-order valence-electron chi connectivity index (χ4n) is 1.82. The normalized spacial score (nSPS) is 20.0. The Hall–Kier alpha value is -0.930. The lowest BCUT2D eigenvalue weighted by atomic mass is 10.0. The van der Waals surface area contributed by atoms with Gasteiger partial charge in [0.05, 0.1) is 5.02 Å². The molecule has 1 aliphatic heterocycles. The Morgan fingerprint density at radius 3 is 3.06 bits per heavy atom. The average molecular weight is 243 g/mol. The van der Waals surface area contributed by atoms with Crippen LogP contribution in [0.1, 0.15) is 18.4 Å². The van der Waals surface area contributed by atoms with Gasteiger partial charge in [0.1, 0.15) is 11.9 Å². The van der Waals surface area contributed by atoms with Gasteiger partial charge in [-0.15, -0.1) is 0 Å². The minimum atomic E-state index is -0.487. The van der Waals surface area contributed by atoms with E-state index in [1.165, 1.54) is 6.07 Å². The van der Waals surface area contributed by atoms with E-state index in [-0.39, 0.29) is 23.3 Å². The molecule has 1 fully saturated rings. The first kappa shape index (κ1) is 11.6. The zero-order chi connectivity index (χ0) is 11.5. The van der Waals surface area contributed by atoms with E-state index in [0.29, 0.717) is 12.2 Å². The lowest BCUT2D eigenvalue weighted by Crippen LogP contribution is -2.21.